The molecule has 0 aliphatic carbocycles. The van der Waals surface area contributed by atoms with E-state index in [1.807, 2.05) is 80.9 Å². The van der Waals surface area contributed by atoms with Crippen molar-refractivity contribution < 1.29 is 34.1 Å². The van der Waals surface area contributed by atoms with E-state index in [9.17, 15) is 0 Å². The van der Waals surface area contributed by atoms with Gasteiger partial charge in [0, 0.05) is 0 Å². The standard InChI is InChI=1S/2C5H5.C3H7.ClH.Ti/c2*1-2-4-5-3-1;1-3-2;;/h2*1-5H;3H,1-2H3;1H;/q3*-1;;+4/p-1. The van der Waals surface area contributed by atoms with Gasteiger partial charge in [-0.15, -0.1) is 0 Å². The summed E-state index contributed by atoms with van der Waals surface area (Å²) >= 11 is 0. The summed E-state index contributed by atoms with van der Waals surface area (Å²) in [6.45, 7) is 4.00. The third-order valence-corrected chi connectivity index (χ3v) is 1.11. The molecule has 2 heteroatoms. The summed E-state index contributed by atoms with van der Waals surface area (Å²) in [5.41, 5.74) is 0. The van der Waals surface area contributed by atoms with Gasteiger partial charge < -0.3 is 18.8 Å². The van der Waals surface area contributed by atoms with E-state index in [0.29, 0.717) is 0 Å². The van der Waals surface area contributed by atoms with Gasteiger partial charge in [-0.05, 0) is 0 Å². The smallest absolute Gasteiger partial charge is 1.00 e. The Morgan fingerprint density at radius 1 is 0.733 bits per heavy atom. The molecule has 0 N–H and O–H groups in total. The van der Waals surface area contributed by atoms with Crippen molar-refractivity contribution in [3.63, 3.8) is 0 Å². The third kappa shape index (κ3) is 19.9. The van der Waals surface area contributed by atoms with Gasteiger partial charge in [0.2, 0.25) is 0 Å². The Labute approximate surface area is 115 Å². The van der Waals surface area contributed by atoms with Crippen molar-refractivity contribution >= 4 is 0 Å². The largest absolute Gasteiger partial charge is 4.00 e. The maximum Gasteiger partial charge on any atom is 4.00 e. The number of hydrogen-bond acceptors (Lipinski definition) is 0. The molecule has 0 unspecified atom stereocenters. The Balaban J connectivity index is -0.000000140. The van der Waals surface area contributed by atoms with Crippen molar-refractivity contribution in [2.75, 3.05) is 0 Å². The molecule has 0 aromatic heterocycles. The summed E-state index contributed by atoms with van der Waals surface area (Å²) in [4.78, 5) is 0. The van der Waals surface area contributed by atoms with Crippen LogP contribution in [0.1, 0.15) is 13.8 Å². The second-order valence-corrected chi connectivity index (χ2v) is 2.50. The van der Waals surface area contributed by atoms with Crippen LogP contribution in [0.2, 0.25) is 0 Å². The Morgan fingerprint density at radius 3 is 1.00 bits per heavy atom. The maximum absolute atomic E-state index is 2.00. The first-order chi connectivity index (χ1) is 6.41. The third-order valence-electron chi connectivity index (χ3n) is 1.11. The average molecular weight is 257 g/mol. The van der Waals surface area contributed by atoms with Crippen molar-refractivity contribution in [2.45, 2.75) is 13.8 Å². The molecule has 0 aliphatic heterocycles. The Bertz CT molecular complexity index is 162. The Morgan fingerprint density at radius 2 is 0.933 bits per heavy atom. The summed E-state index contributed by atoms with van der Waals surface area (Å²) in [6, 6.07) is 20.0. The fraction of sp³-hybridized carbons (Fsp3) is 0.154. The van der Waals surface area contributed by atoms with E-state index < -0.39 is 0 Å². The molecule has 0 saturated carbocycles. The van der Waals surface area contributed by atoms with Crippen LogP contribution in [0, 0.1) is 6.42 Å². The summed E-state index contributed by atoms with van der Waals surface area (Å²) in [6.07, 6.45) is 2.00. The second-order valence-electron chi connectivity index (χ2n) is 2.50. The molecule has 0 nitrogen and oxygen atoms in total. The van der Waals surface area contributed by atoms with Crippen LogP contribution in [-0.4, -0.2) is 0 Å². The SMILES string of the molecule is C[CH-]C.[Cl-].[Ti+4].c1cc[cH-]c1.c1cc[cH-]c1. The molecule has 0 saturated heterocycles. The molecule has 0 radical (unpaired) electrons. The zero-order chi connectivity index (χ0) is 9.78. The first-order valence-electron chi connectivity index (χ1n) is 4.49. The molecular weight excluding hydrogens is 239 g/mol. The van der Waals surface area contributed by atoms with Crippen molar-refractivity contribution in [1.29, 1.82) is 0 Å². The number of rotatable bonds is 0. The van der Waals surface area contributed by atoms with E-state index in [2.05, 4.69) is 0 Å². The summed E-state index contributed by atoms with van der Waals surface area (Å²) in [5.74, 6) is 0. The molecule has 2 aromatic rings. The molecular formula is C13H17ClTi. The predicted molar refractivity (Wildman–Crippen MR) is 59.7 cm³/mol. The summed E-state index contributed by atoms with van der Waals surface area (Å²) in [5, 5.41) is 0. The minimum Gasteiger partial charge on any atom is -1.00 e. The van der Waals surface area contributed by atoms with Crippen LogP contribution in [0.3, 0.4) is 0 Å². The molecule has 0 spiro atoms. The van der Waals surface area contributed by atoms with Crippen molar-refractivity contribution in [1.82, 2.24) is 0 Å². The molecule has 0 aliphatic rings. The van der Waals surface area contributed by atoms with E-state index in [1.165, 1.54) is 0 Å². The van der Waals surface area contributed by atoms with Crippen LogP contribution in [0.25, 0.3) is 0 Å². The van der Waals surface area contributed by atoms with E-state index >= 15 is 0 Å². The van der Waals surface area contributed by atoms with Crippen LogP contribution in [0.4, 0.5) is 0 Å². The fourth-order valence-electron chi connectivity index (χ4n) is 0.642. The maximum atomic E-state index is 2.00. The minimum atomic E-state index is 0. The quantitative estimate of drug-likeness (QED) is 0.488. The molecule has 0 fully saturated rings. The van der Waals surface area contributed by atoms with Gasteiger partial charge in [-0.1, -0.05) is 0 Å². The molecule has 0 bridgehead atoms. The van der Waals surface area contributed by atoms with Crippen LogP contribution in [0.5, 0.6) is 0 Å². The second kappa shape index (κ2) is 19.3. The normalized spacial score (nSPS) is 6.53. The fourth-order valence-corrected chi connectivity index (χ4v) is 0.642. The van der Waals surface area contributed by atoms with Crippen molar-refractivity contribution in [3.8, 4) is 0 Å². The topological polar surface area (TPSA) is 0 Å². The van der Waals surface area contributed by atoms with E-state index in [0.717, 1.165) is 0 Å². The van der Waals surface area contributed by atoms with Gasteiger partial charge in [0.05, 0.1) is 0 Å². The molecule has 2 rings (SSSR count). The number of halogens is 1. The Kier molecular flexibility index (Phi) is 25.9. The summed E-state index contributed by atoms with van der Waals surface area (Å²) < 4.78 is 0. The van der Waals surface area contributed by atoms with E-state index in [-0.39, 0.29) is 34.1 Å². The van der Waals surface area contributed by atoms with Gasteiger partial charge in [-0.3, -0.25) is 0 Å². The van der Waals surface area contributed by atoms with Gasteiger partial charge in [-0.2, -0.15) is 50.2 Å². The average Bonchev–Trinajstić information content (AvgIpc) is 2.85. The molecule has 15 heavy (non-hydrogen) atoms. The zero-order valence-corrected chi connectivity index (χ0v) is 11.5. The van der Waals surface area contributed by atoms with Crippen LogP contribution < -0.4 is 12.4 Å². The first kappa shape index (κ1) is 20.2. The van der Waals surface area contributed by atoms with Gasteiger partial charge in [0.15, 0.2) is 0 Å². The summed E-state index contributed by atoms with van der Waals surface area (Å²) in [7, 11) is 0. The zero-order valence-electron chi connectivity index (χ0n) is 9.23. The van der Waals surface area contributed by atoms with Gasteiger partial charge in [0.25, 0.3) is 0 Å². The van der Waals surface area contributed by atoms with Gasteiger partial charge in [-0.25, -0.2) is 24.3 Å². The van der Waals surface area contributed by atoms with Crippen LogP contribution in [0.15, 0.2) is 60.7 Å². The molecule has 0 atom stereocenters. The molecule has 0 heterocycles. The van der Waals surface area contributed by atoms with Crippen LogP contribution >= 0.6 is 0 Å². The monoisotopic (exact) mass is 256 g/mol. The molecule has 0 amide bonds. The predicted octanol–water partition coefficient (Wildman–Crippen LogP) is 1.04. The van der Waals surface area contributed by atoms with Gasteiger partial charge in [0.1, 0.15) is 0 Å². The van der Waals surface area contributed by atoms with Crippen molar-refractivity contribution in [3.05, 3.63) is 67.1 Å². The Hall–Kier alpha value is -0.296. The first-order valence-corrected chi connectivity index (χ1v) is 4.49. The van der Waals surface area contributed by atoms with E-state index in [1.54, 1.807) is 0 Å². The molecule has 80 valence electrons. The van der Waals surface area contributed by atoms with Gasteiger partial charge >= 0.3 is 21.7 Å². The van der Waals surface area contributed by atoms with Crippen molar-refractivity contribution in [2.24, 2.45) is 0 Å². The minimum absolute atomic E-state index is 0. The molecule has 2 aromatic carbocycles. The van der Waals surface area contributed by atoms with Crippen LogP contribution in [-0.2, 0) is 21.7 Å². The number of hydrogen-bond donors (Lipinski definition) is 0. The van der Waals surface area contributed by atoms with E-state index in [4.69, 9.17) is 0 Å².